The molecular formula is C32H28F2N4O3. The molecule has 0 bridgehead atoms. The Balaban J connectivity index is 1.70. The summed E-state index contributed by atoms with van der Waals surface area (Å²) in [6.45, 7) is 4.07. The number of nitriles is 1. The number of hydrogen-bond acceptors (Lipinski definition) is 4. The van der Waals surface area contributed by atoms with Gasteiger partial charge in [-0.3, -0.25) is 9.78 Å². The Kier molecular flexibility index (Phi) is 7.41. The molecule has 41 heavy (non-hydrogen) atoms. The van der Waals surface area contributed by atoms with Crippen molar-refractivity contribution in [1.29, 1.82) is 5.26 Å². The van der Waals surface area contributed by atoms with Crippen LogP contribution in [-0.4, -0.2) is 58.1 Å². The number of rotatable bonds is 5. The fourth-order valence-electron chi connectivity index (χ4n) is 5.64. The van der Waals surface area contributed by atoms with Gasteiger partial charge in [-0.1, -0.05) is 17.7 Å². The van der Waals surface area contributed by atoms with Crippen molar-refractivity contribution in [2.45, 2.75) is 32.7 Å². The van der Waals surface area contributed by atoms with Crippen LogP contribution in [0, 0.1) is 36.8 Å². The first-order chi connectivity index (χ1) is 19.6. The summed E-state index contributed by atoms with van der Waals surface area (Å²) in [7, 11) is 1.60. The number of pyridine rings is 1. The van der Waals surface area contributed by atoms with Crippen LogP contribution in [0.5, 0.6) is 0 Å². The number of benzene rings is 3. The maximum absolute atomic E-state index is 15.6. The second-order valence-electron chi connectivity index (χ2n) is 10.5. The smallest absolute Gasteiger partial charge is 0.407 e. The summed E-state index contributed by atoms with van der Waals surface area (Å²) in [5.74, 6) is -1.46. The fourth-order valence-corrected chi connectivity index (χ4v) is 5.64. The van der Waals surface area contributed by atoms with Crippen molar-refractivity contribution < 1.29 is 23.5 Å². The van der Waals surface area contributed by atoms with E-state index in [1.54, 1.807) is 50.4 Å². The molecule has 7 nitrogen and oxygen atoms in total. The molecule has 1 N–H and O–H groups in total. The maximum Gasteiger partial charge on any atom is 0.407 e. The van der Waals surface area contributed by atoms with Crippen LogP contribution in [0.1, 0.15) is 39.9 Å². The zero-order valence-electron chi connectivity index (χ0n) is 22.9. The molecule has 1 aliphatic rings. The van der Waals surface area contributed by atoms with Gasteiger partial charge >= 0.3 is 6.09 Å². The van der Waals surface area contributed by atoms with Crippen LogP contribution in [-0.2, 0) is 0 Å². The maximum atomic E-state index is 15.6. The quantitative estimate of drug-likeness (QED) is 0.302. The van der Waals surface area contributed by atoms with Gasteiger partial charge in [-0.05, 0) is 79.8 Å². The average Bonchev–Trinajstić information content (AvgIpc) is 3.41. The van der Waals surface area contributed by atoms with Gasteiger partial charge in [-0.25, -0.2) is 13.6 Å². The summed E-state index contributed by atoms with van der Waals surface area (Å²) in [4.78, 5) is 33.3. The molecule has 0 unspecified atom stereocenters. The highest BCUT2D eigenvalue weighted by molar-refractivity contribution is 6.12. The second kappa shape index (κ2) is 11.0. The number of halogens is 2. The summed E-state index contributed by atoms with van der Waals surface area (Å²) in [5.41, 5.74) is 3.60. The predicted octanol–water partition coefficient (Wildman–Crippen LogP) is 6.55. The molecule has 4 aromatic rings. The van der Waals surface area contributed by atoms with Gasteiger partial charge in [0.2, 0.25) is 0 Å². The van der Waals surface area contributed by atoms with Crippen molar-refractivity contribution in [3.63, 3.8) is 0 Å². The molecule has 2 heterocycles. The van der Waals surface area contributed by atoms with E-state index >= 15 is 4.39 Å². The van der Waals surface area contributed by atoms with Crippen molar-refractivity contribution in [2.75, 3.05) is 20.1 Å². The number of aryl methyl sites for hydroxylation is 2. The molecule has 208 valence electrons. The number of fused-ring (bicyclic) bond motifs is 1. The Morgan fingerprint density at radius 2 is 1.88 bits per heavy atom. The van der Waals surface area contributed by atoms with E-state index in [1.165, 1.54) is 22.1 Å². The molecule has 0 spiro atoms. The van der Waals surface area contributed by atoms with Crippen LogP contribution in [0.25, 0.3) is 33.2 Å². The number of carboxylic acid groups (broad SMARTS) is 1. The first-order valence-electron chi connectivity index (χ1n) is 13.2. The average molecular weight is 555 g/mol. The van der Waals surface area contributed by atoms with Gasteiger partial charge in [-0.2, -0.15) is 5.26 Å². The Morgan fingerprint density at radius 3 is 2.61 bits per heavy atom. The minimum absolute atomic E-state index is 0.153. The number of likely N-dealkylation sites (tertiary alicyclic amines) is 1. The van der Waals surface area contributed by atoms with Crippen LogP contribution in [0.2, 0.25) is 0 Å². The Labute approximate surface area is 236 Å². The van der Waals surface area contributed by atoms with Crippen LogP contribution in [0.15, 0.2) is 54.7 Å². The van der Waals surface area contributed by atoms with Crippen molar-refractivity contribution in [3.05, 3.63) is 88.6 Å². The summed E-state index contributed by atoms with van der Waals surface area (Å²) < 4.78 is 29.9. The molecule has 1 aromatic heterocycles. The Hall–Kier alpha value is -4.84. The Morgan fingerprint density at radius 1 is 1.10 bits per heavy atom. The molecule has 1 saturated heterocycles. The highest BCUT2D eigenvalue weighted by atomic mass is 19.1. The lowest BCUT2D eigenvalue weighted by atomic mass is 9.92. The standard InChI is InChI=1S/C32H28F2N4O3/c1-18-9-19(2)30(34)25(10-18)27-16-36-28-7-6-21(22-11-20(15-35)12-23(33)13-22)14-26(28)29(27)31(39)37(3)17-24-5-4-8-38(24)32(40)41/h6-7,9-14,16,24H,4-5,8,17H2,1-3H3,(H,40,41)/t24-/m0/s1. The van der Waals surface area contributed by atoms with Gasteiger partial charge in [0.15, 0.2) is 0 Å². The first kappa shape index (κ1) is 27.7. The molecule has 1 aliphatic heterocycles. The van der Waals surface area contributed by atoms with E-state index in [0.717, 1.165) is 11.6 Å². The molecule has 0 radical (unpaired) electrons. The number of aromatic nitrogens is 1. The van der Waals surface area contributed by atoms with Crippen LogP contribution in [0.3, 0.4) is 0 Å². The topological polar surface area (TPSA) is 97.5 Å². The summed E-state index contributed by atoms with van der Waals surface area (Å²) >= 11 is 0. The second-order valence-corrected chi connectivity index (χ2v) is 10.5. The minimum Gasteiger partial charge on any atom is -0.465 e. The van der Waals surface area contributed by atoms with Crippen LogP contribution >= 0.6 is 0 Å². The fraction of sp³-hybridized carbons (Fsp3) is 0.250. The molecular weight excluding hydrogens is 526 g/mol. The van der Waals surface area contributed by atoms with Gasteiger partial charge in [-0.15, -0.1) is 0 Å². The Bertz CT molecular complexity index is 1750. The zero-order chi connectivity index (χ0) is 29.4. The highest BCUT2D eigenvalue weighted by Crippen LogP contribution is 2.36. The third-order valence-electron chi connectivity index (χ3n) is 7.59. The van der Waals surface area contributed by atoms with Gasteiger partial charge < -0.3 is 14.9 Å². The minimum atomic E-state index is -1.03. The number of hydrogen-bond donors (Lipinski definition) is 1. The van der Waals surface area contributed by atoms with E-state index in [-0.39, 0.29) is 29.3 Å². The van der Waals surface area contributed by atoms with E-state index < -0.39 is 23.6 Å². The van der Waals surface area contributed by atoms with E-state index in [9.17, 15) is 24.3 Å². The van der Waals surface area contributed by atoms with E-state index in [4.69, 9.17) is 0 Å². The monoisotopic (exact) mass is 554 g/mol. The van der Waals surface area contributed by atoms with Gasteiger partial charge in [0.25, 0.3) is 5.91 Å². The van der Waals surface area contributed by atoms with E-state index in [0.29, 0.717) is 52.5 Å². The number of carbonyl (C=O) groups is 2. The number of nitrogens with zero attached hydrogens (tertiary/aromatic N) is 4. The lowest BCUT2D eigenvalue weighted by Crippen LogP contribution is -2.43. The molecule has 5 rings (SSSR count). The van der Waals surface area contributed by atoms with Crippen molar-refractivity contribution in [2.24, 2.45) is 0 Å². The summed E-state index contributed by atoms with van der Waals surface area (Å²) in [5, 5.41) is 19.4. The zero-order valence-corrected chi connectivity index (χ0v) is 22.9. The van der Waals surface area contributed by atoms with Crippen molar-refractivity contribution >= 4 is 22.9 Å². The SMILES string of the molecule is Cc1cc(C)c(F)c(-c2cnc3ccc(-c4cc(F)cc(C#N)c4)cc3c2C(=O)N(C)C[C@@H]2CCCN2C(=O)O)c1. The van der Waals surface area contributed by atoms with Crippen molar-refractivity contribution in [1.82, 2.24) is 14.8 Å². The molecule has 1 fully saturated rings. The first-order valence-corrected chi connectivity index (χ1v) is 13.2. The largest absolute Gasteiger partial charge is 0.465 e. The third-order valence-corrected chi connectivity index (χ3v) is 7.59. The van der Waals surface area contributed by atoms with Crippen molar-refractivity contribution in [3.8, 4) is 28.3 Å². The summed E-state index contributed by atoms with van der Waals surface area (Å²) in [6.07, 6.45) is 1.79. The number of amides is 2. The highest BCUT2D eigenvalue weighted by Gasteiger charge is 2.32. The molecule has 0 aliphatic carbocycles. The summed E-state index contributed by atoms with van der Waals surface area (Å²) in [6, 6.07) is 14.1. The molecule has 9 heteroatoms. The van der Waals surface area contributed by atoms with Crippen LogP contribution in [0.4, 0.5) is 13.6 Å². The van der Waals surface area contributed by atoms with Gasteiger partial charge in [0, 0.05) is 42.8 Å². The molecule has 3 aromatic carbocycles. The lowest BCUT2D eigenvalue weighted by Gasteiger charge is -2.28. The number of carbonyl (C=O) groups excluding carboxylic acids is 1. The lowest BCUT2D eigenvalue weighted by molar-refractivity contribution is 0.0746. The van der Waals surface area contributed by atoms with E-state index in [1.807, 2.05) is 13.0 Å². The van der Waals surface area contributed by atoms with Gasteiger partial charge in [0.05, 0.1) is 28.8 Å². The van der Waals surface area contributed by atoms with Crippen LogP contribution < -0.4 is 0 Å². The van der Waals surface area contributed by atoms with E-state index in [2.05, 4.69) is 4.98 Å². The molecule has 0 saturated carbocycles. The molecule has 1 atom stereocenters. The molecule has 2 amide bonds. The predicted molar refractivity (Wildman–Crippen MR) is 151 cm³/mol. The number of likely N-dealkylation sites (N-methyl/N-ethyl adjacent to an activating group) is 1. The van der Waals surface area contributed by atoms with Gasteiger partial charge in [0.1, 0.15) is 11.6 Å². The third kappa shape index (κ3) is 5.33. The normalized spacial score (nSPS) is 14.7.